The zero-order valence-electron chi connectivity index (χ0n) is 20.4. The number of aromatic amines is 2. The first-order chi connectivity index (χ1) is 16.4. The fourth-order valence-corrected chi connectivity index (χ4v) is 5.19. The lowest BCUT2D eigenvalue weighted by molar-refractivity contribution is -0.133. The Balaban J connectivity index is 1.34. The number of piperazine rings is 1. The zero-order valence-corrected chi connectivity index (χ0v) is 21.2. The van der Waals surface area contributed by atoms with Crippen molar-refractivity contribution in [3.8, 4) is 5.75 Å². The Bertz CT molecular complexity index is 1270. The number of ether oxygens (including phenoxy) is 1. The molecule has 9 heteroatoms. The van der Waals surface area contributed by atoms with Crippen LogP contribution in [-0.2, 0) is 11.3 Å². The van der Waals surface area contributed by atoms with E-state index in [1.54, 1.807) is 11.7 Å². The van der Waals surface area contributed by atoms with Gasteiger partial charge in [0.15, 0.2) is 4.77 Å². The Kier molecular flexibility index (Phi) is 7.73. The van der Waals surface area contributed by atoms with Gasteiger partial charge in [0.25, 0.3) is 5.56 Å². The Hall–Kier alpha value is -2.65. The normalized spacial score (nSPS) is 15.8. The number of rotatable bonds is 9. The van der Waals surface area contributed by atoms with Crippen molar-refractivity contribution in [2.24, 2.45) is 0 Å². The van der Waals surface area contributed by atoms with Gasteiger partial charge < -0.3 is 19.6 Å². The van der Waals surface area contributed by atoms with Gasteiger partial charge in [-0.05, 0) is 56.6 Å². The number of H-pyrrole nitrogens is 2. The van der Waals surface area contributed by atoms with Gasteiger partial charge in [-0.1, -0.05) is 13.3 Å². The average Bonchev–Trinajstić information content (AvgIpc) is 3.21. The topological polar surface area (TPSA) is 86.4 Å². The van der Waals surface area contributed by atoms with Crippen LogP contribution in [0.4, 0.5) is 0 Å². The molecule has 0 spiro atoms. The van der Waals surface area contributed by atoms with Gasteiger partial charge in [-0.2, -0.15) is 0 Å². The van der Waals surface area contributed by atoms with Crippen molar-refractivity contribution < 1.29 is 9.53 Å². The molecular weight excluding hydrogens is 450 g/mol. The molecule has 1 aliphatic rings. The molecule has 0 saturated carbocycles. The minimum atomic E-state index is -0.141. The van der Waals surface area contributed by atoms with E-state index in [9.17, 15) is 9.59 Å². The highest BCUT2D eigenvalue weighted by molar-refractivity contribution is 7.71. The van der Waals surface area contributed by atoms with E-state index >= 15 is 0 Å². The van der Waals surface area contributed by atoms with Crippen molar-refractivity contribution in [2.45, 2.75) is 58.5 Å². The van der Waals surface area contributed by atoms with E-state index in [1.807, 2.05) is 23.1 Å². The molecule has 0 unspecified atom stereocenters. The Morgan fingerprint density at radius 2 is 1.91 bits per heavy atom. The van der Waals surface area contributed by atoms with E-state index in [4.69, 9.17) is 17.0 Å². The molecule has 3 aromatic rings. The summed E-state index contributed by atoms with van der Waals surface area (Å²) in [4.78, 5) is 36.7. The lowest BCUT2D eigenvalue weighted by Gasteiger charge is -2.38. The number of carbonyl (C=O) groups is 1. The molecule has 1 atom stereocenters. The lowest BCUT2D eigenvalue weighted by Crippen LogP contribution is -2.51. The van der Waals surface area contributed by atoms with Crippen molar-refractivity contribution in [3.05, 3.63) is 33.3 Å². The molecule has 2 N–H and O–H groups in total. The van der Waals surface area contributed by atoms with E-state index in [-0.39, 0.29) is 11.5 Å². The van der Waals surface area contributed by atoms with Gasteiger partial charge in [0.1, 0.15) is 11.3 Å². The van der Waals surface area contributed by atoms with Crippen LogP contribution in [0.25, 0.3) is 21.9 Å². The predicted octanol–water partition coefficient (Wildman–Crippen LogP) is 4.05. The molecule has 8 nitrogen and oxygen atoms in total. The highest BCUT2D eigenvalue weighted by Crippen LogP contribution is 2.26. The number of carbonyl (C=O) groups excluding carboxylic acids is 1. The molecule has 34 heavy (non-hydrogen) atoms. The molecule has 2 aromatic heterocycles. The van der Waals surface area contributed by atoms with Crippen molar-refractivity contribution in [2.75, 3.05) is 33.3 Å². The van der Waals surface area contributed by atoms with Gasteiger partial charge in [0.2, 0.25) is 5.91 Å². The average molecular weight is 486 g/mol. The molecule has 1 amide bonds. The SMILES string of the molecule is CCC[C@H](C)N1CCN(C(=O)CCCCn2c(=S)[nH]c3c([nH]c4ccc(OC)cc43)c2=O)CC1. The number of methoxy groups -OCH3 is 1. The summed E-state index contributed by atoms with van der Waals surface area (Å²) in [7, 11) is 1.62. The summed E-state index contributed by atoms with van der Waals surface area (Å²) < 4.78 is 7.29. The lowest BCUT2D eigenvalue weighted by atomic mass is 10.1. The van der Waals surface area contributed by atoms with E-state index in [0.29, 0.717) is 34.8 Å². The monoisotopic (exact) mass is 485 g/mol. The number of nitrogens with one attached hydrogen (secondary N) is 2. The van der Waals surface area contributed by atoms with Crippen LogP contribution in [-0.4, -0.2) is 69.6 Å². The first-order valence-electron chi connectivity index (χ1n) is 12.3. The van der Waals surface area contributed by atoms with E-state index in [2.05, 4.69) is 28.7 Å². The second-order valence-corrected chi connectivity index (χ2v) is 9.57. The highest BCUT2D eigenvalue weighted by atomic mass is 32.1. The molecule has 1 saturated heterocycles. The molecule has 184 valence electrons. The molecule has 1 fully saturated rings. The van der Waals surface area contributed by atoms with Crippen LogP contribution in [0.1, 0.15) is 46.0 Å². The van der Waals surface area contributed by atoms with Crippen molar-refractivity contribution >= 4 is 40.1 Å². The summed E-state index contributed by atoms with van der Waals surface area (Å²) in [5.74, 6) is 0.929. The highest BCUT2D eigenvalue weighted by Gasteiger charge is 2.23. The van der Waals surface area contributed by atoms with Gasteiger partial charge in [0, 0.05) is 56.1 Å². The standard InChI is InChI=1S/C25H35N5O3S/c1-4-7-17(2)28-12-14-29(15-13-28)21(31)8-5-6-11-30-24(32)23-22(27-25(30)34)19-16-18(33-3)9-10-20(19)26-23/h9-10,16-17,26H,4-8,11-15H2,1-3H3,(H,27,34)/t17-/m0/s1. The third-order valence-corrected chi connectivity index (χ3v) is 7.28. The first kappa shape index (κ1) is 24.5. The van der Waals surface area contributed by atoms with Crippen LogP contribution in [0.2, 0.25) is 0 Å². The maximum Gasteiger partial charge on any atom is 0.278 e. The Morgan fingerprint density at radius 3 is 2.62 bits per heavy atom. The first-order valence-corrected chi connectivity index (χ1v) is 12.7. The van der Waals surface area contributed by atoms with E-state index in [1.165, 1.54) is 12.8 Å². The third-order valence-electron chi connectivity index (χ3n) is 6.96. The second-order valence-electron chi connectivity index (χ2n) is 9.19. The van der Waals surface area contributed by atoms with Gasteiger partial charge in [0.05, 0.1) is 12.6 Å². The third kappa shape index (κ3) is 5.05. The van der Waals surface area contributed by atoms with Gasteiger partial charge in [-0.3, -0.25) is 19.1 Å². The van der Waals surface area contributed by atoms with Crippen LogP contribution in [0, 0.1) is 4.77 Å². The number of benzene rings is 1. The fourth-order valence-electron chi connectivity index (χ4n) is 4.91. The molecule has 4 rings (SSSR count). The van der Waals surface area contributed by atoms with Gasteiger partial charge >= 0.3 is 0 Å². The molecule has 3 heterocycles. The van der Waals surface area contributed by atoms with Crippen molar-refractivity contribution in [1.29, 1.82) is 0 Å². The minimum absolute atomic E-state index is 0.141. The second kappa shape index (κ2) is 10.7. The summed E-state index contributed by atoms with van der Waals surface area (Å²) in [6.07, 6.45) is 4.35. The number of aromatic nitrogens is 3. The smallest absolute Gasteiger partial charge is 0.278 e. The molecule has 0 aliphatic carbocycles. The maximum atomic E-state index is 13.1. The molecule has 0 radical (unpaired) electrons. The minimum Gasteiger partial charge on any atom is -0.497 e. The Labute approximate surface area is 204 Å². The largest absolute Gasteiger partial charge is 0.497 e. The van der Waals surface area contributed by atoms with E-state index < -0.39 is 0 Å². The number of amides is 1. The van der Waals surface area contributed by atoms with Crippen LogP contribution >= 0.6 is 12.2 Å². The number of nitrogens with zero attached hydrogens (tertiary/aromatic N) is 3. The summed E-state index contributed by atoms with van der Waals surface area (Å²) in [6, 6.07) is 6.22. The van der Waals surface area contributed by atoms with Crippen LogP contribution in [0.3, 0.4) is 0 Å². The summed E-state index contributed by atoms with van der Waals surface area (Å²) in [5, 5.41) is 0.875. The van der Waals surface area contributed by atoms with Crippen LogP contribution in [0.15, 0.2) is 23.0 Å². The Morgan fingerprint density at radius 1 is 1.15 bits per heavy atom. The maximum absolute atomic E-state index is 13.1. The molecular formula is C25H35N5O3S. The summed E-state index contributed by atoms with van der Waals surface area (Å²) in [6.45, 7) is 8.49. The molecule has 1 aromatic carbocycles. The van der Waals surface area contributed by atoms with E-state index in [0.717, 1.165) is 55.7 Å². The van der Waals surface area contributed by atoms with Crippen molar-refractivity contribution in [1.82, 2.24) is 24.3 Å². The van der Waals surface area contributed by atoms with Crippen molar-refractivity contribution in [3.63, 3.8) is 0 Å². The molecule has 0 bridgehead atoms. The zero-order chi connectivity index (χ0) is 24.2. The van der Waals surface area contributed by atoms with Gasteiger partial charge in [-0.15, -0.1) is 0 Å². The number of hydrogen-bond acceptors (Lipinski definition) is 5. The van der Waals surface area contributed by atoms with Crippen LogP contribution in [0.5, 0.6) is 5.75 Å². The van der Waals surface area contributed by atoms with Gasteiger partial charge in [-0.25, -0.2) is 0 Å². The number of fused-ring (bicyclic) bond motifs is 3. The number of hydrogen-bond donors (Lipinski definition) is 2. The molecule has 1 aliphatic heterocycles. The fraction of sp³-hybridized carbons (Fsp3) is 0.560. The number of unbranched alkanes of at least 4 members (excludes halogenated alkanes) is 1. The summed E-state index contributed by atoms with van der Waals surface area (Å²) >= 11 is 5.49. The summed E-state index contributed by atoms with van der Waals surface area (Å²) in [5.41, 5.74) is 1.91. The predicted molar refractivity (Wildman–Crippen MR) is 138 cm³/mol. The van der Waals surface area contributed by atoms with Crippen LogP contribution < -0.4 is 10.3 Å². The quantitative estimate of drug-likeness (QED) is 0.353.